The van der Waals surface area contributed by atoms with Gasteiger partial charge >= 0.3 is 0 Å². The smallest absolute Gasteiger partial charge is 0.224 e. The van der Waals surface area contributed by atoms with E-state index in [2.05, 4.69) is 10.6 Å². The average molecular weight is 309 g/mol. The summed E-state index contributed by atoms with van der Waals surface area (Å²) in [6.07, 6.45) is -0.601. The van der Waals surface area contributed by atoms with E-state index in [1.54, 1.807) is 0 Å². The topological polar surface area (TPSA) is 117 Å². The average Bonchev–Trinajstić information content (AvgIpc) is 2.45. The molecule has 8 nitrogen and oxygen atoms in total. The Morgan fingerprint density at radius 3 is 1.91 bits per heavy atom. The number of rotatable bonds is 7. The third kappa shape index (κ3) is 4.97. The van der Waals surface area contributed by atoms with E-state index in [0.717, 1.165) is 0 Å². The molecular weight excluding hydrogens is 292 g/mol. The quantitative estimate of drug-likeness (QED) is 0.739. The Hall–Kier alpha value is -2.77. The van der Waals surface area contributed by atoms with Crippen molar-refractivity contribution in [1.29, 1.82) is 0 Å². The van der Waals surface area contributed by atoms with E-state index in [1.807, 2.05) is 0 Å². The molecule has 0 spiro atoms. The maximum absolute atomic E-state index is 11.7. The lowest BCUT2D eigenvalue weighted by atomic mass is 10.2. The lowest BCUT2D eigenvalue weighted by Crippen LogP contribution is -2.24. The fourth-order valence-electron chi connectivity index (χ4n) is 1.71. The van der Waals surface area contributed by atoms with Crippen LogP contribution in [-0.2, 0) is 14.4 Å². The molecule has 0 aliphatic carbocycles. The predicted molar refractivity (Wildman–Crippen MR) is 76.7 cm³/mol. The zero-order valence-corrected chi connectivity index (χ0v) is 12.5. The van der Waals surface area contributed by atoms with Gasteiger partial charge < -0.3 is 30.0 Å². The van der Waals surface area contributed by atoms with Crippen molar-refractivity contribution < 1.29 is 29.0 Å². The Bertz CT molecular complexity index is 585. The summed E-state index contributed by atoms with van der Waals surface area (Å²) in [7, 11) is 2.81. The summed E-state index contributed by atoms with van der Waals surface area (Å²) < 4.78 is 10.3. The first-order valence-corrected chi connectivity index (χ1v) is 6.40. The molecule has 0 aliphatic heterocycles. The fraction of sp³-hybridized carbons (Fsp3) is 0.357. The molecule has 120 valence electrons. The summed E-state index contributed by atoms with van der Waals surface area (Å²) in [6, 6.07) is 2.97. The fourth-order valence-corrected chi connectivity index (χ4v) is 1.71. The van der Waals surface area contributed by atoms with Gasteiger partial charge in [-0.2, -0.15) is 0 Å². The van der Waals surface area contributed by atoms with Gasteiger partial charge in [0.2, 0.25) is 11.8 Å². The van der Waals surface area contributed by atoms with E-state index in [0.29, 0.717) is 22.9 Å². The largest absolute Gasteiger partial charge is 0.550 e. The number of hydrogen-bond donors (Lipinski definition) is 2. The second-order valence-electron chi connectivity index (χ2n) is 4.35. The van der Waals surface area contributed by atoms with Crippen molar-refractivity contribution in [3.05, 3.63) is 12.1 Å². The summed E-state index contributed by atoms with van der Waals surface area (Å²) in [4.78, 5) is 33.2. The highest BCUT2D eigenvalue weighted by atomic mass is 16.5. The number of carboxylic acids is 1. The molecule has 8 heteroatoms. The second kappa shape index (κ2) is 7.87. The van der Waals surface area contributed by atoms with Crippen molar-refractivity contribution in [3.63, 3.8) is 0 Å². The lowest BCUT2D eigenvalue weighted by molar-refractivity contribution is -0.305. The first-order chi connectivity index (χ1) is 10.4. The van der Waals surface area contributed by atoms with Crippen LogP contribution in [0.2, 0.25) is 0 Å². The van der Waals surface area contributed by atoms with Crippen LogP contribution in [0.15, 0.2) is 12.1 Å². The minimum absolute atomic E-state index is 0.221. The zero-order chi connectivity index (χ0) is 16.7. The van der Waals surface area contributed by atoms with Crippen LogP contribution in [-0.4, -0.2) is 32.0 Å². The number of nitrogens with one attached hydrogen (secondary N) is 2. The van der Waals surface area contributed by atoms with E-state index in [1.165, 1.54) is 33.3 Å². The second-order valence-corrected chi connectivity index (χ2v) is 4.35. The Morgan fingerprint density at radius 2 is 1.50 bits per heavy atom. The van der Waals surface area contributed by atoms with Crippen molar-refractivity contribution in [2.75, 3.05) is 24.9 Å². The predicted octanol–water partition coefficient (Wildman–Crippen LogP) is 0.131. The minimum Gasteiger partial charge on any atom is -0.550 e. The summed E-state index contributed by atoms with van der Waals surface area (Å²) in [5.41, 5.74) is 0.691. The molecule has 1 rings (SSSR count). The molecule has 0 atom stereocenters. The maximum atomic E-state index is 11.7. The van der Waals surface area contributed by atoms with Crippen LogP contribution in [0.25, 0.3) is 0 Å². The molecule has 0 radical (unpaired) electrons. The number of benzene rings is 1. The number of methoxy groups -OCH3 is 2. The molecule has 1 aromatic rings. The first-order valence-electron chi connectivity index (χ1n) is 6.40. The van der Waals surface area contributed by atoms with Gasteiger partial charge in [0.05, 0.1) is 25.6 Å². The Balaban J connectivity index is 3.01. The van der Waals surface area contributed by atoms with Crippen LogP contribution in [0.4, 0.5) is 11.4 Å². The number of carbonyl (C=O) groups excluding carboxylic acids is 3. The van der Waals surface area contributed by atoms with Crippen molar-refractivity contribution in [2.45, 2.75) is 19.8 Å². The van der Waals surface area contributed by atoms with Gasteiger partial charge in [0, 0.05) is 31.4 Å². The number of carbonyl (C=O) groups is 3. The number of carboxylic acid groups (broad SMARTS) is 1. The highest BCUT2D eigenvalue weighted by molar-refractivity contribution is 5.96. The van der Waals surface area contributed by atoms with Gasteiger partial charge in [-0.05, 0) is 6.42 Å². The summed E-state index contributed by atoms with van der Waals surface area (Å²) in [5, 5.41) is 15.5. The van der Waals surface area contributed by atoms with E-state index >= 15 is 0 Å². The first kappa shape index (κ1) is 17.3. The molecule has 0 unspecified atom stereocenters. The van der Waals surface area contributed by atoms with Gasteiger partial charge in [0.25, 0.3) is 0 Å². The van der Waals surface area contributed by atoms with Gasteiger partial charge in [-0.25, -0.2) is 0 Å². The van der Waals surface area contributed by atoms with Crippen molar-refractivity contribution in [3.8, 4) is 11.5 Å². The van der Waals surface area contributed by atoms with E-state index < -0.39 is 11.9 Å². The van der Waals surface area contributed by atoms with Crippen molar-refractivity contribution >= 4 is 29.2 Å². The van der Waals surface area contributed by atoms with Crippen LogP contribution < -0.4 is 25.2 Å². The van der Waals surface area contributed by atoms with Crippen LogP contribution in [0.1, 0.15) is 19.8 Å². The number of anilines is 2. The van der Waals surface area contributed by atoms with Gasteiger partial charge in [0.1, 0.15) is 11.5 Å². The highest BCUT2D eigenvalue weighted by Crippen LogP contribution is 2.36. The molecule has 0 saturated carbocycles. The third-order valence-corrected chi connectivity index (χ3v) is 2.66. The van der Waals surface area contributed by atoms with Crippen LogP contribution >= 0.6 is 0 Å². The van der Waals surface area contributed by atoms with Gasteiger partial charge in [-0.15, -0.1) is 0 Å². The third-order valence-electron chi connectivity index (χ3n) is 2.66. The maximum Gasteiger partial charge on any atom is 0.224 e. The van der Waals surface area contributed by atoms with Crippen LogP contribution in [0.5, 0.6) is 11.5 Å². The standard InChI is InChI=1S/C14H18N2O6/c1-8(17)15-9-6-12(22-3)10(7-11(9)21-2)16-13(18)4-5-14(19)20/h6-7H,4-5H2,1-3H3,(H,15,17)(H,16,18)(H,19,20)/p-1. The Kier molecular flexibility index (Phi) is 6.18. The van der Waals surface area contributed by atoms with Crippen molar-refractivity contribution in [1.82, 2.24) is 0 Å². The van der Waals surface area contributed by atoms with Gasteiger partial charge in [-0.1, -0.05) is 0 Å². The van der Waals surface area contributed by atoms with Gasteiger partial charge in [-0.3, -0.25) is 9.59 Å². The summed E-state index contributed by atoms with van der Waals surface area (Å²) >= 11 is 0. The van der Waals surface area contributed by atoms with Crippen molar-refractivity contribution in [2.24, 2.45) is 0 Å². The number of ether oxygens (including phenoxy) is 2. The normalized spacial score (nSPS) is 9.77. The zero-order valence-electron chi connectivity index (χ0n) is 12.5. The molecule has 0 aromatic heterocycles. The number of amides is 2. The molecule has 0 fully saturated rings. The summed E-state index contributed by atoms with van der Waals surface area (Å²) in [6.45, 7) is 1.35. The molecule has 2 N–H and O–H groups in total. The SMILES string of the molecule is COc1cc(NC(=O)CCC(=O)[O-])c(OC)cc1NC(C)=O. The van der Waals surface area contributed by atoms with E-state index in [4.69, 9.17) is 9.47 Å². The van der Waals surface area contributed by atoms with E-state index in [-0.39, 0.29) is 18.7 Å². The molecule has 2 amide bonds. The number of hydrogen-bond acceptors (Lipinski definition) is 6. The molecular formula is C14H17N2O6-. The molecule has 0 aliphatic rings. The number of aliphatic carboxylic acids is 1. The molecule has 0 bridgehead atoms. The van der Waals surface area contributed by atoms with Crippen LogP contribution in [0, 0.1) is 0 Å². The molecule has 1 aromatic carbocycles. The monoisotopic (exact) mass is 309 g/mol. The van der Waals surface area contributed by atoms with Crippen LogP contribution in [0.3, 0.4) is 0 Å². The highest BCUT2D eigenvalue weighted by Gasteiger charge is 2.14. The molecule has 0 heterocycles. The Morgan fingerprint density at radius 1 is 1.00 bits per heavy atom. The summed E-state index contributed by atoms with van der Waals surface area (Å²) in [5.74, 6) is -1.47. The van der Waals surface area contributed by atoms with E-state index in [9.17, 15) is 19.5 Å². The van der Waals surface area contributed by atoms with Gasteiger partial charge in [0.15, 0.2) is 0 Å². The Labute approximate surface area is 127 Å². The minimum atomic E-state index is -1.30. The molecule has 22 heavy (non-hydrogen) atoms. The lowest BCUT2D eigenvalue weighted by Gasteiger charge is -2.15. The molecule has 0 saturated heterocycles.